The van der Waals surface area contributed by atoms with Gasteiger partial charge in [0, 0.05) is 42.7 Å². The number of nitrogens with zero attached hydrogens (tertiary/aromatic N) is 2. The highest BCUT2D eigenvalue weighted by molar-refractivity contribution is 7.91. The summed E-state index contributed by atoms with van der Waals surface area (Å²) in [5, 5.41) is 10.4. The summed E-state index contributed by atoms with van der Waals surface area (Å²) in [7, 11) is -3.39. The van der Waals surface area contributed by atoms with Crippen molar-refractivity contribution >= 4 is 26.8 Å². The molecule has 0 spiro atoms. The van der Waals surface area contributed by atoms with Gasteiger partial charge in [0.1, 0.15) is 0 Å². The molecule has 6 nitrogen and oxygen atoms in total. The van der Waals surface area contributed by atoms with Crippen LogP contribution < -0.4 is 0 Å². The van der Waals surface area contributed by atoms with Crippen LogP contribution in [0, 0.1) is 0 Å². The number of rotatable bonds is 4. The second-order valence-corrected chi connectivity index (χ2v) is 9.10. The van der Waals surface area contributed by atoms with Gasteiger partial charge in [-0.05, 0) is 30.2 Å². The summed E-state index contributed by atoms with van der Waals surface area (Å²) in [4.78, 5) is 13.1. The average Bonchev–Trinajstić information content (AvgIpc) is 2.84. The van der Waals surface area contributed by atoms with Gasteiger partial charge in [-0.1, -0.05) is 36.4 Å². The molecule has 2 aromatic carbocycles. The predicted molar refractivity (Wildman–Crippen MR) is 107 cm³/mol. The minimum absolute atomic E-state index is 0.00473. The maximum absolute atomic E-state index is 12.7. The van der Waals surface area contributed by atoms with Gasteiger partial charge in [0.15, 0.2) is 9.84 Å². The Kier molecular flexibility index (Phi) is 4.85. The zero-order chi connectivity index (χ0) is 19.7. The maximum Gasteiger partial charge on any atom is 0.407 e. The van der Waals surface area contributed by atoms with Crippen molar-refractivity contribution in [3.8, 4) is 0 Å². The van der Waals surface area contributed by atoms with E-state index < -0.39 is 15.9 Å². The molecular formula is C21H22N2O4S. The summed E-state index contributed by atoms with van der Waals surface area (Å²) < 4.78 is 27.5. The van der Waals surface area contributed by atoms with Gasteiger partial charge in [-0.25, -0.2) is 13.2 Å². The molecule has 0 aliphatic carbocycles. The largest absolute Gasteiger partial charge is 0.465 e. The molecule has 146 valence electrons. The second kappa shape index (κ2) is 7.31. The first-order valence-corrected chi connectivity index (χ1v) is 11.0. The highest BCUT2D eigenvalue weighted by atomic mass is 32.2. The first-order valence-electron chi connectivity index (χ1n) is 9.32. The van der Waals surface area contributed by atoms with E-state index in [2.05, 4.69) is 4.57 Å². The summed E-state index contributed by atoms with van der Waals surface area (Å²) >= 11 is 0. The van der Waals surface area contributed by atoms with E-state index >= 15 is 0 Å². The van der Waals surface area contributed by atoms with Crippen LogP contribution in [0.5, 0.6) is 0 Å². The fourth-order valence-electron chi connectivity index (χ4n) is 4.00. The van der Waals surface area contributed by atoms with Crippen molar-refractivity contribution in [2.45, 2.75) is 24.3 Å². The number of fused-ring (bicyclic) bond motifs is 3. The zero-order valence-electron chi connectivity index (χ0n) is 15.4. The molecule has 1 aliphatic heterocycles. The molecule has 1 aromatic heterocycles. The van der Waals surface area contributed by atoms with E-state index in [1.54, 1.807) is 30.3 Å². The van der Waals surface area contributed by atoms with Crippen LogP contribution in [-0.4, -0.2) is 47.9 Å². The molecule has 0 saturated heterocycles. The molecule has 7 heteroatoms. The Bertz CT molecular complexity index is 1120. The average molecular weight is 398 g/mol. The van der Waals surface area contributed by atoms with Gasteiger partial charge in [-0.2, -0.15) is 0 Å². The maximum atomic E-state index is 12.7. The third kappa shape index (κ3) is 3.38. The molecule has 0 saturated carbocycles. The molecule has 0 radical (unpaired) electrons. The number of carbonyl (C=O) groups is 1. The summed E-state index contributed by atoms with van der Waals surface area (Å²) in [6, 6.07) is 16.5. The molecule has 1 N–H and O–H groups in total. The topological polar surface area (TPSA) is 79.6 Å². The van der Waals surface area contributed by atoms with Crippen molar-refractivity contribution in [1.29, 1.82) is 0 Å². The highest BCUT2D eigenvalue weighted by Gasteiger charge is 2.24. The number of benzene rings is 2. The van der Waals surface area contributed by atoms with Crippen LogP contribution in [0.1, 0.15) is 11.3 Å². The van der Waals surface area contributed by atoms with Crippen LogP contribution in [0.25, 0.3) is 10.9 Å². The van der Waals surface area contributed by atoms with E-state index in [0.29, 0.717) is 37.4 Å². The Morgan fingerprint density at radius 1 is 0.964 bits per heavy atom. The fourth-order valence-corrected chi connectivity index (χ4v) is 5.23. The number of aromatic nitrogens is 1. The molecule has 0 fully saturated rings. The van der Waals surface area contributed by atoms with Crippen molar-refractivity contribution < 1.29 is 18.3 Å². The van der Waals surface area contributed by atoms with E-state index in [1.807, 2.05) is 24.3 Å². The van der Waals surface area contributed by atoms with Gasteiger partial charge in [0.25, 0.3) is 0 Å². The van der Waals surface area contributed by atoms with Crippen LogP contribution in [0.4, 0.5) is 4.79 Å². The summed E-state index contributed by atoms with van der Waals surface area (Å²) in [6.07, 6.45) is 0.315. The Morgan fingerprint density at radius 2 is 1.64 bits per heavy atom. The van der Waals surface area contributed by atoms with E-state index in [9.17, 15) is 18.3 Å². The quantitative estimate of drug-likeness (QED) is 0.732. The molecule has 0 atom stereocenters. The zero-order valence-corrected chi connectivity index (χ0v) is 16.2. The van der Waals surface area contributed by atoms with Crippen LogP contribution >= 0.6 is 0 Å². The number of para-hydroxylation sites is 1. The number of aryl methyl sites for hydroxylation is 1. The molecule has 0 unspecified atom stereocenters. The van der Waals surface area contributed by atoms with Gasteiger partial charge < -0.3 is 14.6 Å². The molecular weight excluding hydrogens is 376 g/mol. The standard InChI is InChI=1S/C21H22N2O4S/c24-21(25)22-12-10-18-17-8-4-5-9-19(17)23(20(18)11-13-22)14-15-28(26,27)16-6-2-1-3-7-16/h1-9H,10-15H2,(H,24,25). The van der Waals surface area contributed by atoms with Crippen LogP contribution in [0.3, 0.4) is 0 Å². The van der Waals surface area contributed by atoms with Gasteiger partial charge in [-0.3, -0.25) is 0 Å². The molecule has 2 heterocycles. The SMILES string of the molecule is O=C(O)N1CCc2c(n(CCS(=O)(=O)c3ccccc3)c3ccccc23)CC1. The number of amides is 1. The number of carboxylic acid groups (broad SMARTS) is 1. The van der Waals surface area contributed by atoms with E-state index in [0.717, 1.165) is 22.2 Å². The number of hydrogen-bond donors (Lipinski definition) is 1. The smallest absolute Gasteiger partial charge is 0.407 e. The minimum Gasteiger partial charge on any atom is -0.465 e. The first-order chi connectivity index (χ1) is 13.5. The third-order valence-electron chi connectivity index (χ3n) is 5.40. The van der Waals surface area contributed by atoms with Crippen molar-refractivity contribution in [3.05, 3.63) is 65.9 Å². The molecule has 4 rings (SSSR count). The molecule has 1 amide bonds. The van der Waals surface area contributed by atoms with Gasteiger partial charge in [-0.15, -0.1) is 0 Å². The minimum atomic E-state index is -3.39. The molecule has 1 aliphatic rings. The lowest BCUT2D eigenvalue weighted by Gasteiger charge is -2.16. The summed E-state index contributed by atoms with van der Waals surface area (Å²) in [5.74, 6) is 0.00473. The van der Waals surface area contributed by atoms with Gasteiger partial charge >= 0.3 is 6.09 Å². The number of sulfone groups is 1. The van der Waals surface area contributed by atoms with Crippen LogP contribution in [0.15, 0.2) is 59.5 Å². The Hall–Kier alpha value is -2.80. The van der Waals surface area contributed by atoms with Crippen LogP contribution in [0.2, 0.25) is 0 Å². The Morgan fingerprint density at radius 3 is 2.39 bits per heavy atom. The predicted octanol–water partition coefficient (Wildman–Crippen LogP) is 3.19. The van der Waals surface area contributed by atoms with Gasteiger partial charge in [0.05, 0.1) is 10.6 Å². The lowest BCUT2D eigenvalue weighted by Crippen LogP contribution is -2.31. The van der Waals surface area contributed by atoms with Crippen LogP contribution in [-0.2, 0) is 29.2 Å². The lowest BCUT2D eigenvalue weighted by molar-refractivity contribution is 0.147. The first kappa shape index (κ1) is 18.6. The van der Waals surface area contributed by atoms with Crippen molar-refractivity contribution in [2.24, 2.45) is 0 Å². The monoisotopic (exact) mass is 398 g/mol. The van der Waals surface area contributed by atoms with Crippen molar-refractivity contribution in [3.63, 3.8) is 0 Å². The lowest BCUT2D eigenvalue weighted by atomic mass is 10.1. The Labute approximate surface area is 163 Å². The fraction of sp³-hybridized carbons (Fsp3) is 0.286. The molecule has 28 heavy (non-hydrogen) atoms. The highest BCUT2D eigenvalue weighted by Crippen LogP contribution is 2.29. The summed E-state index contributed by atoms with van der Waals surface area (Å²) in [6.45, 7) is 1.23. The van der Waals surface area contributed by atoms with Gasteiger partial charge in [0.2, 0.25) is 0 Å². The number of hydrogen-bond acceptors (Lipinski definition) is 3. The van der Waals surface area contributed by atoms with Crippen molar-refractivity contribution in [1.82, 2.24) is 9.47 Å². The normalized spacial score (nSPS) is 14.6. The van der Waals surface area contributed by atoms with E-state index in [4.69, 9.17) is 0 Å². The summed E-state index contributed by atoms with van der Waals surface area (Å²) in [5.41, 5.74) is 3.20. The molecule has 0 bridgehead atoms. The van der Waals surface area contributed by atoms with Crippen molar-refractivity contribution in [2.75, 3.05) is 18.8 Å². The third-order valence-corrected chi connectivity index (χ3v) is 7.11. The van der Waals surface area contributed by atoms with E-state index in [1.165, 1.54) is 4.90 Å². The molecule has 3 aromatic rings. The van der Waals surface area contributed by atoms with E-state index in [-0.39, 0.29) is 5.75 Å². The second-order valence-electron chi connectivity index (χ2n) is 7.00. The Balaban J connectivity index is 1.69.